The number of Topliss-reactive ketones (excluding diaryl/α,β-unsaturated/α-hetero) is 1. The van der Waals surface area contributed by atoms with E-state index in [0.717, 1.165) is 0 Å². The van der Waals surface area contributed by atoms with Gasteiger partial charge in [0.1, 0.15) is 30.2 Å². The number of nitrogens with one attached hydrogen (secondary N) is 5. The molecule has 0 bridgehead atoms. The van der Waals surface area contributed by atoms with Gasteiger partial charge >= 0.3 is 24.1 Å². The average molecular weight is 1030 g/mol. The van der Waals surface area contributed by atoms with E-state index in [1.54, 1.807) is 13.8 Å². The van der Waals surface area contributed by atoms with Crippen LogP contribution in [0.2, 0.25) is 0 Å². The Labute approximate surface area is 413 Å². The van der Waals surface area contributed by atoms with E-state index in [2.05, 4.69) is 31.4 Å². The van der Waals surface area contributed by atoms with Gasteiger partial charge in [0.15, 0.2) is 0 Å². The van der Waals surface area contributed by atoms with Crippen molar-refractivity contribution in [1.29, 1.82) is 0 Å². The molecule has 1 rings (SSSR count). The van der Waals surface area contributed by atoms with Crippen molar-refractivity contribution in [2.24, 2.45) is 28.9 Å². The first-order chi connectivity index (χ1) is 33.7. The lowest BCUT2D eigenvalue weighted by molar-refractivity contribution is -0.140. The lowest BCUT2D eigenvalue weighted by Crippen LogP contribution is -2.60. The Bertz CT molecular complexity index is 2000. The quantitative estimate of drug-likeness (QED) is 0.0174. The van der Waals surface area contributed by atoms with Gasteiger partial charge in [0, 0.05) is 71.6 Å². The molecule has 0 spiro atoms. The average Bonchev–Trinajstić information content (AvgIpc) is 3.26. The van der Waals surface area contributed by atoms with Gasteiger partial charge in [0.2, 0.25) is 58.9 Å². The molecule has 0 aromatic heterocycles. The first kappa shape index (κ1) is 62.5. The minimum Gasteiger partial charge on any atom is -0.480 e. The van der Waals surface area contributed by atoms with Gasteiger partial charge in [-0.25, -0.2) is 0 Å². The maximum Gasteiger partial charge on any atom is 0.323 e. The first-order valence-electron chi connectivity index (χ1n) is 22.6. The van der Waals surface area contributed by atoms with Gasteiger partial charge < -0.3 is 70.4 Å². The molecule has 9 amide bonds. The summed E-state index contributed by atoms with van der Waals surface area (Å²) in [6.07, 6.45) is -3.47. The predicted octanol–water partition coefficient (Wildman–Crippen LogP) is -7.92. The zero-order chi connectivity index (χ0) is 54.7. The van der Waals surface area contributed by atoms with Crippen LogP contribution < -0.4 is 49.5 Å². The monoisotopic (exact) mass is 1030 g/mol. The minimum atomic E-state index is -1.80. The van der Waals surface area contributed by atoms with Crippen LogP contribution >= 0.6 is 0 Å². The van der Waals surface area contributed by atoms with Gasteiger partial charge in [-0.05, 0) is 25.2 Å². The van der Waals surface area contributed by atoms with Crippen LogP contribution in [0.5, 0.6) is 0 Å². The number of nitrogens with zero attached hydrogens (tertiary/aromatic N) is 6. The lowest BCUT2D eigenvalue weighted by Gasteiger charge is -2.33. The first-order valence-corrected chi connectivity index (χ1v) is 22.6. The van der Waals surface area contributed by atoms with E-state index in [9.17, 15) is 77.6 Å². The van der Waals surface area contributed by atoms with Crippen molar-refractivity contribution in [1.82, 2.24) is 46.2 Å². The number of rotatable bonds is 31. The zero-order valence-electron chi connectivity index (χ0n) is 40.1. The number of hydrogen-bond acceptors (Lipinski definition) is 17. The maximum absolute atomic E-state index is 14.0. The third kappa shape index (κ3) is 26.5. The van der Waals surface area contributed by atoms with Gasteiger partial charge in [-0.2, -0.15) is 4.79 Å². The second kappa shape index (κ2) is 32.4. The van der Waals surface area contributed by atoms with E-state index >= 15 is 0 Å². The van der Waals surface area contributed by atoms with Gasteiger partial charge in [0.05, 0.1) is 32.6 Å². The summed E-state index contributed by atoms with van der Waals surface area (Å²) >= 11 is 0. The summed E-state index contributed by atoms with van der Waals surface area (Å²) in [5.74, 6) is -14.2. The fourth-order valence-electron chi connectivity index (χ4n) is 7.07. The second-order valence-corrected chi connectivity index (χ2v) is 17.2. The third-order valence-electron chi connectivity index (χ3n) is 10.8. The molecule has 72 heavy (non-hydrogen) atoms. The molecule has 1 saturated heterocycles. The molecule has 31 nitrogen and oxygen atoms in total. The number of carbonyl (C=O) groups is 13. The van der Waals surface area contributed by atoms with Gasteiger partial charge in [-0.3, -0.25) is 81.9 Å². The standard InChI is InChI=1S/C41H67N15O16/c1-23(2)36(37(45)68)52-40(71)27(6-8-30(43)59)50-38(69)25(4-3-24(57)18-47-46)49-39(70)26(5-7-29(42)58)51-41(72)28(17-31(44)60)48-32(61)19-53-9-11-54(20-33(62)63)13-15-56(22-35(66)67)16-14-55(12-10-53)21-34(64)65/h18,23,25-28,36H,3-17,19-22H2,1-2H3,(H2,42,58)(H2,43,59)(H2,44,60)(H2,45,68)(H,48,61)(H,49,70)(H,50,69)(H,51,72)(H,52,71)(H,62,63)(H,64,65)(H,66,67). The largest absolute Gasteiger partial charge is 0.480 e. The minimum absolute atomic E-state index is 0.00186. The number of hydrogen-bond donors (Lipinski definition) is 12. The molecule has 1 aliphatic rings. The van der Waals surface area contributed by atoms with Gasteiger partial charge in [-0.15, -0.1) is 0 Å². The fourth-order valence-corrected chi connectivity index (χ4v) is 7.07. The van der Waals surface area contributed by atoms with Crippen molar-refractivity contribution in [3.8, 4) is 0 Å². The molecule has 31 heteroatoms. The van der Waals surface area contributed by atoms with Crippen molar-refractivity contribution in [3.63, 3.8) is 0 Å². The lowest BCUT2D eigenvalue weighted by atomic mass is 10.0. The summed E-state index contributed by atoms with van der Waals surface area (Å²) < 4.78 is 0. The molecule has 0 aromatic rings. The van der Waals surface area contributed by atoms with E-state index in [1.165, 1.54) is 19.6 Å². The molecule has 0 aromatic carbocycles. The molecular weight excluding hydrogens is 959 g/mol. The van der Waals surface area contributed by atoms with E-state index in [1.807, 2.05) is 0 Å². The number of aliphatic carboxylic acids is 3. The van der Waals surface area contributed by atoms with Crippen molar-refractivity contribution >= 4 is 83.1 Å². The second-order valence-electron chi connectivity index (χ2n) is 17.2. The van der Waals surface area contributed by atoms with Crippen LogP contribution in [0.25, 0.3) is 5.53 Å². The Morgan fingerprint density at radius 2 is 0.833 bits per heavy atom. The summed E-state index contributed by atoms with van der Waals surface area (Å²) in [5, 5.41) is 40.1. The summed E-state index contributed by atoms with van der Waals surface area (Å²) in [6, 6.07) is -8.15. The summed E-state index contributed by atoms with van der Waals surface area (Å²) in [6.45, 7) is 1.73. The van der Waals surface area contributed by atoms with E-state index in [4.69, 9.17) is 28.5 Å². The SMILES string of the molecule is CC(C)C(NC(=O)C(CCC(N)=O)NC(=O)C(CCC(=O)C=[N+]=[N-])NC(=O)C(CCC(N)=O)NC(=O)C(CC(N)=O)NC(=O)CN1CCN(CC(=O)O)CCN(CC(=O)O)CCN(CC(=O)O)CC1)C(N)=O. The van der Waals surface area contributed by atoms with Crippen LogP contribution in [0, 0.1) is 5.92 Å². The van der Waals surface area contributed by atoms with Crippen LogP contribution in [-0.4, -0.2) is 232 Å². The highest BCUT2D eigenvalue weighted by Crippen LogP contribution is 2.09. The van der Waals surface area contributed by atoms with E-state index in [0.29, 0.717) is 6.21 Å². The molecular formula is C41H67N15O16. The van der Waals surface area contributed by atoms with E-state index in [-0.39, 0.29) is 52.4 Å². The summed E-state index contributed by atoms with van der Waals surface area (Å²) in [5.41, 5.74) is 30.3. The number of nitrogens with two attached hydrogens (primary N) is 4. The highest BCUT2D eigenvalue weighted by Gasteiger charge is 2.34. The van der Waals surface area contributed by atoms with Gasteiger partial charge in [-0.1, -0.05) is 13.8 Å². The topological polar surface area (TPSA) is 496 Å². The molecule has 402 valence electrons. The van der Waals surface area contributed by atoms with Crippen LogP contribution in [0.1, 0.15) is 58.8 Å². The molecule has 1 heterocycles. The van der Waals surface area contributed by atoms with Crippen molar-refractivity contribution in [2.45, 2.75) is 89.0 Å². The molecule has 1 fully saturated rings. The number of ketones is 1. The van der Waals surface area contributed by atoms with Crippen LogP contribution in [0.4, 0.5) is 0 Å². The van der Waals surface area contributed by atoms with Crippen LogP contribution in [0.3, 0.4) is 0 Å². The maximum atomic E-state index is 14.0. The Morgan fingerprint density at radius 1 is 0.500 bits per heavy atom. The molecule has 5 atom stereocenters. The summed E-state index contributed by atoms with van der Waals surface area (Å²) in [7, 11) is 0. The molecule has 5 unspecified atom stereocenters. The highest BCUT2D eigenvalue weighted by atomic mass is 16.4. The molecule has 1 aliphatic heterocycles. The Morgan fingerprint density at radius 3 is 1.14 bits per heavy atom. The van der Waals surface area contributed by atoms with Crippen molar-refractivity contribution < 1.29 is 82.4 Å². The van der Waals surface area contributed by atoms with E-state index < -0.39 is 184 Å². The van der Waals surface area contributed by atoms with Gasteiger partial charge in [0.25, 0.3) is 0 Å². The Balaban J connectivity index is 3.51. The highest BCUT2D eigenvalue weighted by molar-refractivity contribution is 6.25. The zero-order valence-corrected chi connectivity index (χ0v) is 40.1. The Hall–Kier alpha value is -7.47. The smallest absolute Gasteiger partial charge is 0.323 e. The molecule has 0 aliphatic carbocycles. The Kier molecular flexibility index (Phi) is 28.2. The number of carboxylic acid groups (broad SMARTS) is 3. The number of amides is 9. The molecule has 0 saturated carbocycles. The normalized spacial score (nSPS) is 16.3. The molecule has 0 radical (unpaired) electrons. The molecule has 16 N–H and O–H groups in total. The van der Waals surface area contributed by atoms with Crippen LogP contribution in [-0.2, 0) is 62.3 Å². The van der Waals surface area contributed by atoms with Crippen molar-refractivity contribution in [3.05, 3.63) is 5.53 Å². The third-order valence-corrected chi connectivity index (χ3v) is 10.8. The fraction of sp³-hybridized carbons (Fsp3) is 0.659. The summed E-state index contributed by atoms with van der Waals surface area (Å²) in [4.78, 5) is 172. The number of carboxylic acids is 3. The number of primary amides is 4. The van der Waals surface area contributed by atoms with Crippen LogP contribution in [0.15, 0.2) is 0 Å². The number of carbonyl (C=O) groups excluding carboxylic acids is 10. The van der Waals surface area contributed by atoms with Crippen molar-refractivity contribution in [2.75, 3.05) is 78.5 Å². The predicted molar refractivity (Wildman–Crippen MR) is 247 cm³/mol.